The Hall–Kier alpha value is -1.81. The molecular formula is C10H10ClN3O. The molecule has 0 unspecified atom stereocenters. The summed E-state index contributed by atoms with van der Waals surface area (Å²) >= 11 is 0. The molecule has 1 heterocycles. The van der Waals surface area contributed by atoms with E-state index in [4.69, 9.17) is 5.73 Å². The van der Waals surface area contributed by atoms with Gasteiger partial charge in [0.1, 0.15) is 0 Å². The van der Waals surface area contributed by atoms with Crippen molar-refractivity contribution in [2.75, 3.05) is 0 Å². The average molecular weight is 224 g/mol. The number of nitrogens with two attached hydrogens (primary N) is 1. The molecule has 1 aromatic heterocycles. The molecule has 1 amide bonds. The van der Waals surface area contributed by atoms with E-state index >= 15 is 0 Å². The number of rotatable bonds is 2. The number of hydrogen-bond donors (Lipinski definition) is 1. The largest absolute Gasteiger partial charge is 0.366 e. The van der Waals surface area contributed by atoms with Crippen molar-refractivity contribution in [1.82, 2.24) is 9.55 Å². The first-order chi connectivity index (χ1) is 6.77. The molecule has 2 aromatic rings. The third-order valence-corrected chi connectivity index (χ3v) is 1.93. The molecule has 0 spiro atoms. The molecule has 78 valence electrons. The van der Waals surface area contributed by atoms with Gasteiger partial charge < -0.3 is 10.3 Å². The number of halogens is 1. The third kappa shape index (κ3) is 2.35. The lowest BCUT2D eigenvalue weighted by molar-refractivity contribution is 0.100. The zero-order chi connectivity index (χ0) is 9.97. The maximum atomic E-state index is 10.9. The van der Waals surface area contributed by atoms with E-state index in [9.17, 15) is 4.79 Å². The first-order valence-corrected chi connectivity index (χ1v) is 4.15. The van der Waals surface area contributed by atoms with Crippen LogP contribution in [0.1, 0.15) is 10.4 Å². The molecule has 0 radical (unpaired) electrons. The molecule has 2 rings (SSSR count). The lowest BCUT2D eigenvalue weighted by Crippen LogP contribution is -2.11. The van der Waals surface area contributed by atoms with Gasteiger partial charge in [-0.1, -0.05) is 6.07 Å². The number of primary amides is 1. The van der Waals surface area contributed by atoms with Crippen molar-refractivity contribution in [2.45, 2.75) is 0 Å². The lowest BCUT2D eigenvalue weighted by Gasteiger charge is -2.02. The summed E-state index contributed by atoms with van der Waals surface area (Å²) in [5.41, 5.74) is 6.54. The van der Waals surface area contributed by atoms with Gasteiger partial charge in [-0.3, -0.25) is 4.79 Å². The molecule has 2 N–H and O–H groups in total. The van der Waals surface area contributed by atoms with E-state index in [1.54, 1.807) is 36.9 Å². The summed E-state index contributed by atoms with van der Waals surface area (Å²) in [6.45, 7) is 0. The van der Waals surface area contributed by atoms with Crippen LogP contribution < -0.4 is 5.73 Å². The number of imidazole rings is 1. The van der Waals surface area contributed by atoms with Crippen LogP contribution in [0.25, 0.3) is 5.69 Å². The van der Waals surface area contributed by atoms with E-state index in [1.165, 1.54) is 0 Å². The normalized spacial score (nSPS) is 9.33. The van der Waals surface area contributed by atoms with Gasteiger partial charge >= 0.3 is 0 Å². The van der Waals surface area contributed by atoms with E-state index in [2.05, 4.69) is 4.98 Å². The fourth-order valence-corrected chi connectivity index (χ4v) is 1.23. The van der Waals surface area contributed by atoms with Crippen molar-refractivity contribution in [3.8, 4) is 5.69 Å². The fourth-order valence-electron chi connectivity index (χ4n) is 1.23. The SMILES string of the molecule is Cl.NC(=O)c1cccc(-n2ccnc2)c1. The predicted octanol–water partition coefficient (Wildman–Crippen LogP) is 1.39. The van der Waals surface area contributed by atoms with Crippen LogP contribution in [0.2, 0.25) is 0 Å². The van der Waals surface area contributed by atoms with Crippen LogP contribution in [0, 0.1) is 0 Å². The van der Waals surface area contributed by atoms with Gasteiger partial charge in [-0.15, -0.1) is 12.4 Å². The van der Waals surface area contributed by atoms with Crippen LogP contribution in [-0.4, -0.2) is 15.5 Å². The first kappa shape index (κ1) is 11.3. The highest BCUT2D eigenvalue weighted by molar-refractivity contribution is 5.93. The predicted molar refractivity (Wildman–Crippen MR) is 59.3 cm³/mol. The van der Waals surface area contributed by atoms with Crippen molar-refractivity contribution < 1.29 is 4.79 Å². The molecule has 4 nitrogen and oxygen atoms in total. The maximum absolute atomic E-state index is 10.9. The van der Waals surface area contributed by atoms with E-state index in [0.717, 1.165) is 5.69 Å². The van der Waals surface area contributed by atoms with Gasteiger partial charge in [0.05, 0.1) is 6.33 Å². The summed E-state index contributed by atoms with van der Waals surface area (Å²) in [6, 6.07) is 7.08. The zero-order valence-corrected chi connectivity index (χ0v) is 8.65. The van der Waals surface area contributed by atoms with E-state index < -0.39 is 5.91 Å². The lowest BCUT2D eigenvalue weighted by atomic mass is 10.2. The van der Waals surface area contributed by atoms with Crippen LogP contribution in [0.5, 0.6) is 0 Å². The Bertz CT molecular complexity index is 453. The number of nitrogens with zero attached hydrogens (tertiary/aromatic N) is 2. The summed E-state index contributed by atoms with van der Waals surface area (Å²) in [7, 11) is 0. The Morgan fingerprint density at radius 3 is 2.80 bits per heavy atom. The van der Waals surface area contributed by atoms with E-state index in [-0.39, 0.29) is 12.4 Å². The fraction of sp³-hybridized carbons (Fsp3) is 0. The standard InChI is InChI=1S/C10H9N3O.ClH/c11-10(14)8-2-1-3-9(6-8)13-5-4-12-7-13;/h1-7H,(H2,11,14);1H. The minimum atomic E-state index is -0.424. The molecule has 0 saturated heterocycles. The number of benzene rings is 1. The number of aromatic nitrogens is 2. The molecule has 0 aliphatic carbocycles. The smallest absolute Gasteiger partial charge is 0.248 e. The minimum Gasteiger partial charge on any atom is -0.366 e. The minimum absolute atomic E-state index is 0. The number of carbonyl (C=O) groups is 1. The molecule has 0 saturated carbocycles. The topological polar surface area (TPSA) is 60.9 Å². The van der Waals surface area contributed by atoms with Gasteiger partial charge in [0.15, 0.2) is 0 Å². The summed E-state index contributed by atoms with van der Waals surface area (Å²) < 4.78 is 1.81. The molecule has 0 aliphatic heterocycles. The van der Waals surface area contributed by atoms with Crippen LogP contribution in [0.3, 0.4) is 0 Å². The second kappa shape index (κ2) is 4.61. The average Bonchev–Trinajstić information content (AvgIpc) is 2.71. The Morgan fingerprint density at radius 2 is 2.20 bits per heavy atom. The number of hydrogen-bond acceptors (Lipinski definition) is 2. The van der Waals surface area contributed by atoms with Crippen molar-refractivity contribution in [2.24, 2.45) is 5.73 Å². The number of amides is 1. The highest BCUT2D eigenvalue weighted by Gasteiger charge is 2.01. The zero-order valence-electron chi connectivity index (χ0n) is 7.83. The van der Waals surface area contributed by atoms with Gasteiger partial charge in [0.2, 0.25) is 5.91 Å². The van der Waals surface area contributed by atoms with Gasteiger partial charge in [0, 0.05) is 23.6 Å². The van der Waals surface area contributed by atoms with Gasteiger partial charge in [-0.05, 0) is 18.2 Å². The molecule has 5 heteroatoms. The van der Waals surface area contributed by atoms with Crippen molar-refractivity contribution >= 4 is 18.3 Å². The Morgan fingerprint density at radius 1 is 1.40 bits per heavy atom. The molecule has 0 aliphatic rings. The van der Waals surface area contributed by atoms with E-state index in [0.29, 0.717) is 5.56 Å². The summed E-state index contributed by atoms with van der Waals surface area (Å²) in [5.74, 6) is -0.424. The quantitative estimate of drug-likeness (QED) is 0.837. The van der Waals surface area contributed by atoms with E-state index in [1.807, 2.05) is 10.6 Å². The van der Waals surface area contributed by atoms with Crippen molar-refractivity contribution in [3.05, 3.63) is 48.5 Å². The van der Waals surface area contributed by atoms with Gasteiger partial charge in [-0.2, -0.15) is 0 Å². The van der Waals surface area contributed by atoms with Gasteiger partial charge in [0.25, 0.3) is 0 Å². The second-order valence-electron chi connectivity index (χ2n) is 2.88. The van der Waals surface area contributed by atoms with Crippen molar-refractivity contribution in [3.63, 3.8) is 0 Å². The van der Waals surface area contributed by atoms with Crippen molar-refractivity contribution in [1.29, 1.82) is 0 Å². The molecule has 0 fully saturated rings. The second-order valence-corrected chi connectivity index (χ2v) is 2.88. The van der Waals surface area contributed by atoms with Crippen LogP contribution in [-0.2, 0) is 0 Å². The Kier molecular flexibility index (Phi) is 3.46. The molecule has 1 aromatic carbocycles. The Labute approximate surface area is 93.1 Å². The highest BCUT2D eigenvalue weighted by Crippen LogP contribution is 2.09. The number of carbonyl (C=O) groups excluding carboxylic acids is 1. The van der Waals surface area contributed by atoms with Gasteiger partial charge in [-0.25, -0.2) is 4.98 Å². The molecular weight excluding hydrogens is 214 g/mol. The third-order valence-electron chi connectivity index (χ3n) is 1.93. The summed E-state index contributed by atoms with van der Waals surface area (Å²) in [5, 5.41) is 0. The van der Waals surface area contributed by atoms with Crippen LogP contribution in [0.15, 0.2) is 43.0 Å². The highest BCUT2D eigenvalue weighted by atomic mass is 35.5. The van der Waals surface area contributed by atoms with Crippen LogP contribution >= 0.6 is 12.4 Å². The first-order valence-electron chi connectivity index (χ1n) is 4.15. The molecule has 0 bridgehead atoms. The molecule has 15 heavy (non-hydrogen) atoms. The van der Waals surface area contributed by atoms with Crippen LogP contribution in [0.4, 0.5) is 0 Å². The summed E-state index contributed by atoms with van der Waals surface area (Å²) in [4.78, 5) is 14.8. The monoisotopic (exact) mass is 223 g/mol. The maximum Gasteiger partial charge on any atom is 0.248 e. The Balaban J connectivity index is 0.00000112. The molecule has 0 atom stereocenters. The summed E-state index contributed by atoms with van der Waals surface area (Å²) in [6.07, 6.45) is 5.15.